The molecule has 0 saturated heterocycles. The molecular formula is C25H21FO5. The minimum atomic E-state index is -0.677. The Hall–Kier alpha value is -3.80. The number of benzene rings is 3. The van der Waals surface area contributed by atoms with Gasteiger partial charge in [0.1, 0.15) is 0 Å². The molecule has 0 fully saturated rings. The molecule has 158 valence electrons. The van der Waals surface area contributed by atoms with Crippen LogP contribution in [0.4, 0.5) is 4.39 Å². The Kier molecular flexibility index (Phi) is 7.27. The highest BCUT2D eigenvalue weighted by molar-refractivity contribution is 5.99. The van der Waals surface area contributed by atoms with E-state index in [4.69, 9.17) is 9.47 Å². The maximum Gasteiger partial charge on any atom is 0.306 e. The van der Waals surface area contributed by atoms with Gasteiger partial charge in [-0.05, 0) is 29.3 Å². The van der Waals surface area contributed by atoms with Gasteiger partial charge >= 0.3 is 5.97 Å². The van der Waals surface area contributed by atoms with Crippen molar-refractivity contribution in [1.29, 1.82) is 0 Å². The molecule has 0 radical (unpaired) electrons. The average molecular weight is 420 g/mol. The molecule has 0 aliphatic rings. The van der Waals surface area contributed by atoms with Crippen molar-refractivity contribution in [3.8, 4) is 16.9 Å². The molecule has 0 aliphatic carbocycles. The first kappa shape index (κ1) is 21.9. The Bertz CT molecular complexity index is 1070. The van der Waals surface area contributed by atoms with Crippen LogP contribution in [0.1, 0.15) is 33.6 Å². The Morgan fingerprint density at radius 1 is 0.774 bits per heavy atom. The average Bonchev–Trinajstić information content (AvgIpc) is 2.81. The molecule has 0 atom stereocenters. The highest BCUT2D eigenvalue weighted by Gasteiger charge is 2.14. The third-order valence-corrected chi connectivity index (χ3v) is 4.71. The lowest BCUT2D eigenvalue weighted by atomic mass is 10.0. The Morgan fingerprint density at radius 2 is 1.42 bits per heavy atom. The molecule has 0 spiro atoms. The van der Waals surface area contributed by atoms with E-state index in [9.17, 15) is 18.8 Å². The summed E-state index contributed by atoms with van der Waals surface area (Å²) < 4.78 is 23.4. The molecule has 0 N–H and O–H groups in total. The number of rotatable bonds is 9. The van der Waals surface area contributed by atoms with Gasteiger partial charge in [0.05, 0.1) is 13.5 Å². The van der Waals surface area contributed by atoms with Gasteiger partial charge in [-0.2, -0.15) is 0 Å². The standard InChI is InChI=1S/C25H21FO5/c1-30-24-13-11-20(15-21(24)26)23(28)16-31-25(29)14-12-22(27)19-9-7-18(8-10-19)17-5-3-2-4-6-17/h2-11,13,15H,12,14,16H2,1H3. The molecule has 0 amide bonds. The van der Waals surface area contributed by atoms with Gasteiger partial charge in [0.25, 0.3) is 0 Å². The minimum absolute atomic E-state index is 0.0175. The van der Waals surface area contributed by atoms with E-state index in [-0.39, 0.29) is 29.9 Å². The summed E-state index contributed by atoms with van der Waals surface area (Å²) in [6, 6.07) is 20.7. The van der Waals surface area contributed by atoms with Crippen molar-refractivity contribution in [2.24, 2.45) is 0 Å². The summed E-state index contributed by atoms with van der Waals surface area (Å²) in [6.07, 6.45) is -0.182. The monoisotopic (exact) mass is 420 g/mol. The van der Waals surface area contributed by atoms with Crippen molar-refractivity contribution >= 4 is 17.5 Å². The number of hydrogen-bond acceptors (Lipinski definition) is 5. The summed E-state index contributed by atoms with van der Waals surface area (Å²) >= 11 is 0. The second-order valence-corrected chi connectivity index (χ2v) is 6.80. The van der Waals surface area contributed by atoms with Crippen molar-refractivity contribution in [1.82, 2.24) is 0 Å². The Labute approximate surface area is 179 Å². The number of carbonyl (C=O) groups excluding carboxylic acids is 3. The first-order chi connectivity index (χ1) is 15.0. The fraction of sp³-hybridized carbons (Fsp3) is 0.160. The zero-order chi connectivity index (χ0) is 22.2. The van der Waals surface area contributed by atoms with Crippen molar-refractivity contribution in [2.75, 3.05) is 13.7 Å². The van der Waals surface area contributed by atoms with Crippen LogP contribution in [0.5, 0.6) is 5.75 Å². The third kappa shape index (κ3) is 5.85. The number of carbonyl (C=O) groups is 3. The predicted octanol–water partition coefficient (Wildman–Crippen LogP) is 4.89. The van der Waals surface area contributed by atoms with E-state index in [0.717, 1.165) is 17.2 Å². The van der Waals surface area contributed by atoms with Crippen LogP contribution in [0.3, 0.4) is 0 Å². The highest BCUT2D eigenvalue weighted by Crippen LogP contribution is 2.20. The molecule has 0 unspecified atom stereocenters. The SMILES string of the molecule is COc1ccc(C(=O)COC(=O)CCC(=O)c2ccc(-c3ccccc3)cc2)cc1F. The van der Waals surface area contributed by atoms with Crippen molar-refractivity contribution in [3.05, 3.63) is 89.7 Å². The van der Waals surface area contributed by atoms with Gasteiger partial charge < -0.3 is 9.47 Å². The topological polar surface area (TPSA) is 69.7 Å². The summed E-state index contributed by atoms with van der Waals surface area (Å²) in [6.45, 7) is -0.523. The van der Waals surface area contributed by atoms with Crippen molar-refractivity contribution < 1.29 is 28.2 Å². The number of halogens is 1. The molecular weight excluding hydrogens is 399 g/mol. The lowest BCUT2D eigenvalue weighted by Crippen LogP contribution is -2.15. The van der Waals surface area contributed by atoms with Crippen molar-refractivity contribution in [3.63, 3.8) is 0 Å². The molecule has 3 rings (SSSR count). The molecule has 3 aromatic rings. The van der Waals surface area contributed by atoms with Gasteiger partial charge in [0.2, 0.25) is 0 Å². The maximum atomic E-state index is 13.7. The van der Waals surface area contributed by atoms with Crippen LogP contribution in [0.2, 0.25) is 0 Å². The fourth-order valence-corrected chi connectivity index (χ4v) is 2.98. The summed E-state index contributed by atoms with van der Waals surface area (Å²) in [7, 11) is 1.32. The summed E-state index contributed by atoms with van der Waals surface area (Å²) in [4.78, 5) is 36.3. The Morgan fingerprint density at radius 3 is 2.06 bits per heavy atom. The molecule has 0 aliphatic heterocycles. The molecule has 0 heterocycles. The van der Waals surface area contributed by atoms with E-state index in [2.05, 4.69) is 0 Å². The van der Waals surface area contributed by atoms with E-state index < -0.39 is 24.2 Å². The van der Waals surface area contributed by atoms with Crippen LogP contribution < -0.4 is 4.74 Å². The number of Topliss-reactive ketones (excluding diaryl/α,β-unsaturated/α-hetero) is 2. The van der Waals surface area contributed by atoms with Crippen LogP contribution >= 0.6 is 0 Å². The van der Waals surface area contributed by atoms with E-state index in [1.54, 1.807) is 12.1 Å². The van der Waals surface area contributed by atoms with Gasteiger partial charge in [-0.3, -0.25) is 14.4 Å². The van der Waals surface area contributed by atoms with Gasteiger partial charge in [-0.1, -0.05) is 54.6 Å². The largest absolute Gasteiger partial charge is 0.494 e. The molecule has 0 aromatic heterocycles. The molecule has 0 saturated carbocycles. The van der Waals surface area contributed by atoms with Gasteiger partial charge in [-0.25, -0.2) is 4.39 Å². The van der Waals surface area contributed by atoms with Gasteiger partial charge in [0, 0.05) is 17.5 Å². The summed E-state index contributed by atoms with van der Waals surface area (Å²) in [5, 5.41) is 0. The fourth-order valence-electron chi connectivity index (χ4n) is 2.98. The normalized spacial score (nSPS) is 10.4. The zero-order valence-corrected chi connectivity index (χ0v) is 17.0. The van der Waals surface area contributed by atoms with Crippen LogP contribution in [-0.2, 0) is 9.53 Å². The second-order valence-electron chi connectivity index (χ2n) is 6.80. The van der Waals surface area contributed by atoms with E-state index in [1.165, 1.54) is 19.2 Å². The number of esters is 1. The van der Waals surface area contributed by atoms with E-state index in [1.807, 2.05) is 42.5 Å². The minimum Gasteiger partial charge on any atom is -0.494 e. The maximum absolute atomic E-state index is 13.7. The number of methoxy groups -OCH3 is 1. The second kappa shape index (κ2) is 10.3. The quantitative estimate of drug-likeness (QED) is 0.364. The van der Waals surface area contributed by atoms with Crippen LogP contribution in [0.25, 0.3) is 11.1 Å². The highest BCUT2D eigenvalue weighted by atomic mass is 19.1. The van der Waals surface area contributed by atoms with E-state index in [0.29, 0.717) is 5.56 Å². The molecule has 0 bridgehead atoms. The van der Waals surface area contributed by atoms with E-state index >= 15 is 0 Å². The van der Waals surface area contributed by atoms with Gasteiger partial charge in [-0.15, -0.1) is 0 Å². The Balaban J connectivity index is 1.47. The summed E-state index contributed by atoms with van der Waals surface area (Å²) in [5.74, 6) is -2.07. The van der Waals surface area contributed by atoms with Crippen LogP contribution in [-0.4, -0.2) is 31.3 Å². The summed E-state index contributed by atoms with van der Waals surface area (Å²) in [5.41, 5.74) is 2.61. The molecule has 5 nitrogen and oxygen atoms in total. The predicted molar refractivity (Wildman–Crippen MR) is 114 cm³/mol. The number of ether oxygens (including phenoxy) is 2. The molecule has 31 heavy (non-hydrogen) atoms. The van der Waals surface area contributed by atoms with Crippen LogP contribution in [0.15, 0.2) is 72.8 Å². The molecule has 3 aromatic carbocycles. The number of hydrogen-bond donors (Lipinski definition) is 0. The number of ketones is 2. The smallest absolute Gasteiger partial charge is 0.306 e. The lowest BCUT2D eigenvalue weighted by molar-refractivity contribution is -0.142. The first-order valence-corrected chi connectivity index (χ1v) is 9.69. The third-order valence-electron chi connectivity index (χ3n) is 4.71. The zero-order valence-electron chi connectivity index (χ0n) is 17.0. The van der Waals surface area contributed by atoms with Gasteiger partial charge in [0.15, 0.2) is 29.7 Å². The first-order valence-electron chi connectivity index (χ1n) is 9.69. The lowest BCUT2D eigenvalue weighted by Gasteiger charge is -2.07. The molecule has 6 heteroatoms. The van der Waals surface area contributed by atoms with Crippen molar-refractivity contribution in [2.45, 2.75) is 12.8 Å². The van der Waals surface area contributed by atoms with Crippen LogP contribution in [0, 0.1) is 5.82 Å².